The molecule has 17 heavy (non-hydrogen) atoms. The second kappa shape index (κ2) is 7.10. The molecule has 0 aliphatic carbocycles. The van der Waals surface area contributed by atoms with Crippen LogP contribution in [0.3, 0.4) is 0 Å². The van der Waals surface area contributed by atoms with Crippen molar-refractivity contribution in [3.8, 4) is 6.07 Å². The Kier molecular flexibility index (Phi) is 5.75. The molecule has 0 saturated carbocycles. The lowest BCUT2D eigenvalue weighted by Crippen LogP contribution is -2.19. The number of rotatable bonds is 6. The van der Waals surface area contributed by atoms with Crippen LogP contribution in [0.5, 0.6) is 0 Å². The topological polar surface area (TPSA) is 45.0 Å². The van der Waals surface area contributed by atoms with Gasteiger partial charge in [-0.3, -0.25) is 0 Å². The molecule has 1 unspecified atom stereocenters. The monoisotopic (exact) mass is 294 g/mol. The predicted molar refractivity (Wildman–Crippen MR) is 73.0 cm³/mol. The van der Waals surface area contributed by atoms with E-state index in [0.717, 1.165) is 10.2 Å². The number of benzene rings is 1. The Morgan fingerprint density at radius 2 is 2.35 bits per heavy atom. The fourth-order valence-electron chi connectivity index (χ4n) is 1.31. The molecule has 0 aromatic heterocycles. The van der Waals surface area contributed by atoms with Gasteiger partial charge in [0.1, 0.15) is 0 Å². The highest BCUT2D eigenvalue weighted by Crippen LogP contribution is 2.19. The summed E-state index contributed by atoms with van der Waals surface area (Å²) in [5.41, 5.74) is 1.53. The molecule has 0 aliphatic heterocycles. The van der Waals surface area contributed by atoms with E-state index in [1.54, 1.807) is 12.1 Å². The molecule has 1 atom stereocenters. The molecule has 4 heteroatoms. The predicted octanol–water partition coefficient (Wildman–Crippen LogP) is 3.32. The van der Waals surface area contributed by atoms with Crippen LogP contribution < -0.4 is 5.32 Å². The van der Waals surface area contributed by atoms with Crippen LogP contribution in [0.2, 0.25) is 0 Å². The van der Waals surface area contributed by atoms with Crippen molar-refractivity contribution in [2.45, 2.75) is 13.0 Å². The molecule has 0 heterocycles. The molecule has 0 bridgehead atoms. The van der Waals surface area contributed by atoms with Crippen LogP contribution >= 0.6 is 15.9 Å². The van der Waals surface area contributed by atoms with E-state index in [-0.39, 0.29) is 6.10 Å². The van der Waals surface area contributed by atoms with E-state index in [9.17, 15) is 0 Å². The quantitative estimate of drug-likeness (QED) is 0.819. The highest BCUT2D eigenvalue weighted by Gasteiger charge is 2.02. The summed E-state index contributed by atoms with van der Waals surface area (Å²) in [6.07, 6.45) is 1.82. The minimum absolute atomic E-state index is 0.0949. The molecule has 3 nitrogen and oxygen atoms in total. The maximum absolute atomic E-state index is 8.85. The van der Waals surface area contributed by atoms with Gasteiger partial charge in [-0.1, -0.05) is 22.0 Å². The van der Waals surface area contributed by atoms with E-state index in [4.69, 9.17) is 10.00 Å². The lowest BCUT2D eigenvalue weighted by atomic mass is 10.2. The Bertz CT molecular complexity index is 426. The molecule has 0 aliphatic rings. The Morgan fingerprint density at radius 1 is 1.59 bits per heavy atom. The maximum atomic E-state index is 8.85. The van der Waals surface area contributed by atoms with Crippen molar-refractivity contribution in [3.63, 3.8) is 0 Å². The Morgan fingerprint density at radius 3 is 3.00 bits per heavy atom. The summed E-state index contributed by atoms with van der Waals surface area (Å²) in [5.74, 6) is 0. The number of ether oxygens (including phenoxy) is 1. The van der Waals surface area contributed by atoms with Gasteiger partial charge in [0.05, 0.1) is 24.3 Å². The van der Waals surface area contributed by atoms with Crippen LogP contribution in [-0.2, 0) is 4.74 Å². The van der Waals surface area contributed by atoms with Crippen molar-refractivity contribution in [2.75, 3.05) is 18.5 Å². The zero-order chi connectivity index (χ0) is 12.7. The molecule has 1 aromatic carbocycles. The summed E-state index contributed by atoms with van der Waals surface area (Å²) in [6, 6.07) is 7.64. The SMILES string of the molecule is C=CCOC(C)CNc1cc(Br)cc(C#N)c1. The molecule has 90 valence electrons. The minimum Gasteiger partial charge on any atom is -0.382 e. The number of nitrogens with zero attached hydrogens (tertiary/aromatic N) is 1. The number of anilines is 1. The lowest BCUT2D eigenvalue weighted by Gasteiger charge is -2.14. The van der Waals surface area contributed by atoms with Crippen molar-refractivity contribution in [3.05, 3.63) is 40.9 Å². The largest absolute Gasteiger partial charge is 0.382 e. The third-order valence-corrected chi connectivity index (χ3v) is 2.58. The van der Waals surface area contributed by atoms with Gasteiger partial charge in [-0.15, -0.1) is 6.58 Å². The van der Waals surface area contributed by atoms with Gasteiger partial charge in [0.2, 0.25) is 0 Å². The van der Waals surface area contributed by atoms with Crippen molar-refractivity contribution in [1.82, 2.24) is 0 Å². The number of nitrogens with one attached hydrogen (secondary N) is 1. The van der Waals surface area contributed by atoms with Gasteiger partial charge in [-0.2, -0.15) is 5.26 Å². The van der Waals surface area contributed by atoms with Crippen LogP contribution in [0.1, 0.15) is 12.5 Å². The molecule has 1 aromatic rings. The van der Waals surface area contributed by atoms with Crippen LogP contribution in [0.25, 0.3) is 0 Å². The molecule has 0 spiro atoms. The number of halogens is 1. The number of hydrogen-bond donors (Lipinski definition) is 1. The Labute approximate surface area is 110 Å². The third-order valence-electron chi connectivity index (χ3n) is 2.12. The average molecular weight is 295 g/mol. The first kappa shape index (κ1) is 13.8. The smallest absolute Gasteiger partial charge is 0.0992 e. The first-order chi connectivity index (χ1) is 8.15. The summed E-state index contributed by atoms with van der Waals surface area (Å²) in [5, 5.41) is 12.1. The van der Waals surface area contributed by atoms with E-state index < -0.39 is 0 Å². The van der Waals surface area contributed by atoms with Gasteiger partial charge in [0, 0.05) is 16.7 Å². The van der Waals surface area contributed by atoms with Crippen LogP contribution in [0.4, 0.5) is 5.69 Å². The zero-order valence-corrected chi connectivity index (χ0v) is 11.3. The molecule has 1 N–H and O–H groups in total. The zero-order valence-electron chi connectivity index (χ0n) is 9.74. The third kappa shape index (κ3) is 5.03. The summed E-state index contributed by atoms with van der Waals surface area (Å²) in [4.78, 5) is 0. The molecule has 0 saturated heterocycles. The first-order valence-electron chi connectivity index (χ1n) is 5.32. The van der Waals surface area contributed by atoms with E-state index in [1.165, 1.54) is 0 Å². The van der Waals surface area contributed by atoms with Gasteiger partial charge in [-0.25, -0.2) is 0 Å². The lowest BCUT2D eigenvalue weighted by molar-refractivity contribution is 0.0980. The summed E-state index contributed by atoms with van der Waals surface area (Å²) < 4.78 is 6.33. The van der Waals surface area contributed by atoms with Crippen molar-refractivity contribution < 1.29 is 4.74 Å². The standard InChI is InChI=1S/C13H15BrN2O/c1-3-4-17-10(2)9-16-13-6-11(8-15)5-12(14)7-13/h3,5-7,10,16H,1,4,9H2,2H3. The summed E-state index contributed by atoms with van der Waals surface area (Å²) in [7, 11) is 0. The normalized spacial score (nSPS) is 11.6. The van der Waals surface area contributed by atoms with Crippen LogP contribution in [0, 0.1) is 11.3 Å². The minimum atomic E-state index is 0.0949. The maximum Gasteiger partial charge on any atom is 0.0992 e. The second-order valence-corrected chi connectivity index (χ2v) is 4.57. The fraction of sp³-hybridized carbons (Fsp3) is 0.308. The highest BCUT2D eigenvalue weighted by atomic mass is 79.9. The van der Waals surface area contributed by atoms with Crippen LogP contribution in [-0.4, -0.2) is 19.3 Å². The molecule has 0 amide bonds. The van der Waals surface area contributed by atoms with Gasteiger partial charge in [-0.05, 0) is 25.1 Å². The van der Waals surface area contributed by atoms with Crippen molar-refractivity contribution >= 4 is 21.6 Å². The van der Waals surface area contributed by atoms with E-state index in [1.807, 2.05) is 19.1 Å². The van der Waals surface area contributed by atoms with E-state index in [0.29, 0.717) is 18.7 Å². The molecule has 0 radical (unpaired) electrons. The van der Waals surface area contributed by atoms with Crippen molar-refractivity contribution in [1.29, 1.82) is 5.26 Å². The van der Waals surface area contributed by atoms with Gasteiger partial charge >= 0.3 is 0 Å². The van der Waals surface area contributed by atoms with Gasteiger partial charge < -0.3 is 10.1 Å². The number of nitriles is 1. The molecular formula is C13H15BrN2O. The Hall–Kier alpha value is -1.31. The molecule has 0 fully saturated rings. The van der Waals surface area contributed by atoms with Gasteiger partial charge in [0.15, 0.2) is 0 Å². The van der Waals surface area contributed by atoms with Crippen molar-refractivity contribution in [2.24, 2.45) is 0 Å². The average Bonchev–Trinajstić information content (AvgIpc) is 2.33. The van der Waals surface area contributed by atoms with Gasteiger partial charge in [0.25, 0.3) is 0 Å². The Balaban J connectivity index is 2.54. The first-order valence-corrected chi connectivity index (χ1v) is 6.12. The summed E-state index contributed by atoms with van der Waals surface area (Å²) in [6.45, 7) is 6.82. The van der Waals surface area contributed by atoms with E-state index in [2.05, 4.69) is 33.9 Å². The van der Waals surface area contributed by atoms with Crippen LogP contribution in [0.15, 0.2) is 35.3 Å². The summed E-state index contributed by atoms with van der Waals surface area (Å²) >= 11 is 3.37. The van der Waals surface area contributed by atoms with E-state index >= 15 is 0 Å². The second-order valence-electron chi connectivity index (χ2n) is 3.65. The fourth-order valence-corrected chi connectivity index (χ4v) is 1.80. The highest BCUT2D eigenvalue weighted by molar-refractivity contribution is 9.10. The number of hydrogen-bond acceptors (Lipinski definition) is 3. The molecular weight excluding hydrogens is 280 g/mol. The molecule has 1 rings (SSSR count).